The lowest BCUT2D eigenvalue weighted by Crippen LogP contribution is -2.45. The molecule has 1 saturated heterocycles. The molecule has 0 spiro atoms. The Kier molecular flexibility index (Phi) is 5.91. The molecule has 1 atom stereocenters. The van der Waals surface area contributed by atoms with Crippen LogP contribution in [0.4, 0.5) is 0 Å². The van der Waals surface area contributed by atoms with E-state index >= 15 is 0 Å². The van der Waals surface area contributed by atoms with Crippen molar-refractivity contribution in [3.63, 3.8) is 0 Å². The Morgan fingerprint density at radius 1 is 1.60 bits per heavy atom. The topological polar surface area (TPSA) is 24.5 Å². The predicted molar refractivity (Wildman–Crippen MR) is 64.2 cm³/mol. The summed E-state index contributed by atoms with van der Waals surface area (Å²) in [5.74, 6) is 0. The number of nitrogens with zero attached hydrogens (tertiary/aromatic N) is 1. The fourth-order valence-electron chi connectivity index (χ4n) is 1.78. The van der Waals surface area contributed by atoms with E-state index in [1.807, 2.05) is 0 Å². The fourth-order valence-corrected chi connectivity index (χ4v) is 1.78. The maximum atomic E-state index is 5.41. The maximum absolute atomic E-state index is 5.41. The normalized spacial score (nSPS) is 22.9. The number of nitrogens with one attached hydrogen (secondary N) is 1. The highest BCUT2D eigenvalue weighted by Gasteiger charge is 2.18. The van der Waals surface area contributed by atoms with E-state index in [0.29, 0.717) is 6.04 Å². The summed E-state index contributed by atoms with van der Waals surface area (Å²) in [6.07, 6.45) is 1.18. The van der Waals surface area contributed by atoms with Crippen molar-refractivity contribution in [2.45, 2.75) is 26.3 Å². The van der Waals surface area contributed by atoms with Gasteiger partial charge in [0.25, 0.3) is 0 Å². The molecule has 1 aliphatic heterocycles. The summed E-state index contributed by atoms with van der Waals surface area (Å²) in [5.41, 5.74) is 1.28. The zero-order valence-corrected chi connectivity index (χ0v) is 10.1. The minimum Gasteiger partial charge on any atom is -0.379 e. The number of rotatable bonds is 6. The Labute approximate surface area is 93.5 Å². The Morgan fingerprint density at radius 2 is 2.40 bits per heavy atom. The molecule has 1 heterocycles. The predicted octanol–water partition coefficient (Wildman–Crippen LogP) is 1.26. The number of ether oxygens (including phenoxy) is 1. The SMILES string of the molecule is C=C(CNCCC)CN1CCOCC1C. The molecule has 3 nitrogen and oxygen atoms in total. The first kappa shape index (κ1) is 12.7. The van der Waals surface area contributed by atoms with Crippen LogP contribution in [0.25, 0.3) is 0 Å². The standard InChI is InChI=1S/C12H24N2O/c1-4-5-13-8-11(2)9-14-6-7-15-10-12(14)3/h12-13H,2,4-10H2,1,3H3. The van der Waals surface area contributed by atoms with Crippen LogP contribution in [0.2, 0.25) is 0 Å². The summed E-state index contributed by atoms with van der Waals surface area (Å²) in [7, 11) is 0. The van der Waals surface area contributed by atoms with Gasteiger partial charge < -0.3 is 10.1 Å². The molecule has 0 bridgehead atoms. The molecule has 3 heteroatoms. The van der Waals surface area contributed by atoms with Crippen molar-refractivity contribution >= 4 is 0 Å². The van der Waals surface area contributed by atoms with Gasteiger partial charge in [-0.15, -0.1) is 0 Å². The second kappa shape index (κ2) is 6.99. The first-order valence-electron chi connectivity index (χ1n) is 5.93. The highest BCUT2D eigenvalue weighted by molar-refractivity contribution is 5.00. The van der Waals surface area contributed by atoms with Crippen molar-refractivity contribution < 1.29 is 4.74 Å². The molecule has 1 aliphatic rings. The van der Waals surface area contributed by atoms with Gasteiger partial charge in [0.15, 0.2) is 0 Å². The Hall–Kier alpha value is -0.380. The monoisotopic (exact) mass is 212 g/mol. The third-order valence-electron chi connectivity index (χ3n) is 2.73. The van der Waals surface area contributed by atoms with E-state index in [1.54, 1.807) is 0 Å². The molecule has 0 aromatic rings. The van der Waals surface area contributed by atoms with Gasteiger partial charge in [0.1, 0.15) is 0 Å². The summed E-state index contributed by atoms with van der Waals surface area (Å²) < 4.78 is 5.41. The Morgan fingerprint density at radius 3 is 3.07 bits per heavy atom. The maximum Gasteiger partial charge on any atom is 0.0619 e. The van der Waals surface area contributed by atoms with Gasteiger partial charge in [0.05, 0.1) is 13.2 Å². The van der Waals surface area contributed by atoms with E-state index in [2.05, 4.69) is 30.6 Å². The summed E-state index contributed by atoms with van der Waals surface area (Å²) in [4.78, 5) is 2.44. The van der Waals surface area contributed by atoms with Crippen molar-refractivity contribution in [2.24, 2.45) is 0 Å². The van der Waals surface area contributed by atoms with Gasteiger partial charge in [-0.2, -0.15) is 0 Å². The van der Waals surface area contributed by atoms with Gasteiger partial charge in [-0.25, -0.2) is 0 Å². The first-order chi connectivity index (χ1) is 7.24. The van der Waals surface area contributed by atoms with Crippen LogP contribution in [-0.2, 0) is 4.74 Å². The lowest BCUT2D eigenvalue weighted by atomic mass is 10.2. The number of morpholine rings is 1. The van der Waals surface area contributed by atoms with Gasteiger partial charge >= 0.3 is 0 Å². The van der Waals surface area contributed by atoms with Gasteiger partial charge in [0, 0.05) is 25.7 Å². The summed E-state index contributed by atoms with van der Waals surface area (Å²) >= 11 is 0. The molecule has 0 saturated carbocycles. The zero-order chi connectivity index (χ0) is 11.1. The molecule has 0 aromatic carbocycles. The molecular weight excluding hydrogens is 188 g/mol. The van der Waals surface area contributed by atoms with Gasteiger partial charge in [-0.3, -0.25) is 4.90 Å². The minimum atomic E-state index is 0.529. The second-order valence-corrected chi connectivity index (χ2v) is 4.32. The lowest BCUT2D eigenvalue weighted by Gasteiger charge is -2.33. The molecule has 0 aliphatic carbocycles. The van der Waals surface area contributed by atoms with Crippen LogP contribution in [0.1, 0.15) is 20.3 Å². The smallest absolute Gasteiger partial charge is 0.0619 e. The fraction of sp³-hybridized carbons (Fsp3) is 0.833. The first-order valence-corrected chi connectivity index (χ1v) is 5.93. The minimum absolute atomic E-state index is 0.529. The zero-order valence-electron chi connectivity index (χ0n) is 10.1. The quantitative estimate of drug-likeness (QED) is 0.530. The summed E-state index contributed by atoms with van der Waals surface area (Å²) in [6, 6.07) is 0.529. The second-order valence-electron chi connectivity index (χ2n) is 4.32. The number of hydrogen-bond acceptors (Lipinski definition) is 3. The molecule has 88 valence electrons. The van der Waals surface area contributed by atoms with Crippen LogP contribution < -0.4 is 5.32 Å². The third kappa shape index (κ3) is 4.78. The molecule has 1 rings (SSSR count). The van der Waals surface area contributed by atoms with E-state index < -0.39 is 0 Å². The highest BCUT2D eigenvalue weighted by Crippen LogP contribution is 2.07. The molecular formula is C12H24N2O. The van der Waals surface area contributed by atoms with Crippen LogP contribution in [0.5, 0.6) is 0 Å². The Bertz CT molecular complexity index is 194. The van der Waals surface area contributed by atoms with Crippen LogP contribution in [0.15, 0.2) is 12.2 Å². The molecule has 0 amide bonds. The van der Waals surface area contributed by atoms with Gasteiger partial charge in [-0.1, -0.05) is 13.5 Å². The lowest BCUT2D eigenvalue weighted by molar-refractivity contribution is 0.00421. The average molecular weight is 212 g/mol. The molecule has 15 heavy (non-hydrogen) atoms. The molecule has 1 N–H and O–H groups in total. The molecule has 0 aromatic heterocycles. The van der Waals surface area contributed by atoms with E-state index in [1.165, 1.54) is 12.0 Å². The average Bonchev–Trinajstić information content (AvgIpc) is 2.22. The molecule has 1 unspecified atom stereocenters. The Balaban J connectivity index is 2.18. The van der Waals surface area contributed by atoms with Crippen molar-refractivity contribution in [3.05, 3.63) is 12.2 Å². The third-order valence-corrected chi connectivity index (χ3v) is 2.73. The number of hydrogen-bond donors (Lipinski definition) is 1. The van der Waals surface area contributed by atoms with E-state index in [-0.39, 0.29) is 0 Å². The highest BCUT2D eigenvalue weighted by atomic mass is 16.5. The van der Waals surface area contributed by atoms with Crippen LogP contribution in [0.3, 0.4) is 0 Å². The van der Waals surface area contributed by atoms with Crippen molar-refractivity contribution in [3.8, 4) is 0 Å². The summed E-state index contributed by atoms with van der Waals surface area (Å²) in [5, 5.41) is 3.38. The van der Waals surface area contributed by atoms with E-state index in [4.69, 9.17) is 4.74 Å². The van der Waals surface area contributed by atoms with E-state index in [9.17, 15) is 0 Å². The van der Waals surface area contributed by atoms with Gasteiger partial charge in [0.2, 0.25) is 0 Å². The van der Waals surface area contributed by atoms with E-state index in [0.717, 1.165) is 39.4 Å². The summed E-state index contributed by atoms with van der Waals surface area (Å²) in [6.45, 7) is 14.3. The van der Waals surface area contributed by atoms with Crippen molar-refractivity contribution in [2.75, 3.05) is 39.4 Å². The van der Waals surface area contributed by atoms with Crippen LogP contribution in [-0.4, -0.2) is 50.3 Å². The molecule has 1 fully saturated rings. The van der Waals surface area contributed by atoms with Crippen molar-refractivity contribution in [1.82, 2.24) is 10.2 Å². The largest absolute Gasteiger partial charge is 0.379 e. The molecule has 0 radical (unpaired) electrons. The van der Waals surface area contributed by atoms with Crippen molar-refractivity contribution in [1.29, 1.82) is 0 Å². The van der Waals surface area contributed by atoms with Gasteiger partial charge in [-0.05, 0) is 25.5 Å². The van der Waals surface area contributed by atoms with Crippen LogP contribution in [0, 0.1) is 0 Å². The van der Waals surface area contributed by atoms with Crippen LogP contribution >= 0.6 is 0 Å².